The predicted molar refractivity (Wildman–Crippen MR) is 65.9 cm³/mol. The Bertz CT molecular complexity index is 358. The Labute approximate surface area is 99.7 Å². The number of hydrogen-bond acceptors (Lipinski definition) is 4. The van der Waals surface area contributed by atoms with Gasteiger partial charge in [-0.2, -0.15) is 0 Å². The molecule has 2 heterocycles. The second-order valence-electron chi connectivity index (χ2n) is 4.05. The van der Waals surface area contributed by atoms with Gasteiger partial charge in [0.2, 0.25) is 5.91 Å². The van der Waals surface area contributed by atoms with Crippen LogP contribution in [0.15, 0.2) is 5.38 Å². The Kier molecular flexibility index (Phi) is 3.77. The van der Waals surface area contributed by atoms with E-state index in [9.17, 15) is 4.79 Å². The number of thiazole rings is 1. The standard InChI is InChI=1S/C11H17N3OS/c1-9(15)12-5-4-10-8-16-11(13-10)14-6-2-3-7-14/h8H,2-7H2,1H3,(H,12,15). The fraction of sp³-hybridized carbons (Fsp3) is 0.636. The van der Waals surface area contributed by atoms with E-state index >= 15 is 0 Å². The van der Waals surface area contributed by atoms with Gasteiger partial charge in [0.15, 0.2) is 5.13 Å². The maximum absolute atomic E-state index is 10.7. The number of nitrogens with one attached hydrogen (secondary N) is 1. The van der Waals surface area contributed by atoms with E-state index in [2.05, 4.69) is 20.6 Å². The average Bonchev–Trinajstić information content (AvgIpc) is 2.85. The summed E-state index contributed by atoms with van der Waals surface area (Å²) in [5.74, 6) is 0.0231. The van der Waals surface area contributed by atoms with Crippen LogP contribution in [-0.4, -0.2) is 30.5 Å². The lowest BCUT2D eigenvalue weighted by Gasteiger charge is -2.12. The largest absolute Gasteiger partial charge is 0.356 e. The molecule has 1 aromatic heterocycles. The summed E-state index contributed by atoms with van der Waals surface area (Å²) in [5.41, 5.74) is 1.08. The third-order valence-electron chi connectivity index (χ3n) is 2.67. The first-order chi connectivity index (χ1) is 7.75. The number of aromatic nitrogens is 1. The highest BCUT2D eigenvalue weighted by Crippen LogP contribution is 2.24. The van der Waals surface area contributed by atoms with Crippen LogP contribution in [0.3, 0.4) is 0 Å². The SMILES string of the molecule is CC(=O)NCCc1csc(N2CCCC2)n1. The quantitative estimate of drug-likeness (QED) is 0.864. The van der Waals surface area contributed by atoms with E-state index in [0.29, 0.717) is 6.54 Å². The zero-order valence-electron chi connectivity index (χ0n) is 9.53. The van der Waals surface area contributed by atoms with Crippen molar-refractivity contribution in [1.82, 2.24) is 10.3 Å². The molecule has 1 N–H and O–H groups in total. The Hall–Kier alpha value is -1.10. The second kappa shape index (κ2) is 5.30. The molecular weight excluding hydrogens is 222 g/mol. The molecule has 0 radical (unpaired) electrons. The monoisotopic (exact) mass is 239 g/mol. The number of anilines is 1. The predicted octanol–water partition coefficient (Wildman–Crippen LogP) is 1.42. The van der Waals surface area contributed by atoms with Gasteiger partial charge in [-0.05, 0) is 12.8 Å². The lowest BCUT2D eigenvalue weighted by Crippen LogP contribution is -2.22. The second-order valence-corrected chi connectivity index (χ2v) is 4.89. The molecule has 4 nitrogen and oxygen atoms in total. The van der Waals surface area contributed by atoms with Crippen LogP contribution in [0.2, 0.25) is 0 Å². The van der Waals surface area contributed by atoms with E-state index in [1.165, 1.54) is 19.8 Å². The van der Waals surface area contributed by atoms with Gasteiger partial charge >= 0.3 is 0 Å². The van der Waals surface area contributed by atoms with Crippen LogP contribution in [0, 0.1) is 0 Å². The Morgan fingerprint density at radius 2 is 2.31 bits per heavy atom. The number of hydrogen-bond donors (Lipinski definition) is 1. The lowest BCUT2D eigenvalue weighted by molar-refractivity contribution is -0.118. The molecule has 0 bridgehead atoms. The number of carbonyl (C=O) groups is 1. The molecule has 1 amide bonds. The Balaban J connectivity index is 1.84. The van der Waals surface area contributed by atoms with Crippen molar-refractivity contribution in [2.75, 3.05) is 24.5 Å². The van der Waals surface area contributed by atoms with Crippen LogP contribution in [0.4, 0.5) is 5.13 Å². The summed E-state index contributed by atoms with van der Waals surface area (Å²) >= 11 is 1.71. The summed E-state index contributed by atoms with van der Waals surface area (Å²) in [5, 5.41) is 6.01. The lowest BCUT2D eigenvalue weighted by atomic mass is 10.3. The first kappa shape index (κ1) is 11.4. The van der Waals surface area contributed by atoms with E-state index in [1.807, 2.05) is 0 Å². The van der Waals surface area contributed by atoms with Gasteiger partial charge in [0.1, 0.15) is 0 Å². The van der Waals surface area contributed by atoms with Crippen LogP contribution in [0.5, 0.6) is 0 Å². The summed E-state index contributed by atoms with van der Waals surface area (Å²) in [6, 6.07) is 0. The van der Waals surface area contributed by atoms with Crippen molar-refractivity contribution >= 4 is 22.4 Å². The van der Waals surface area contributed by atoms with Crippen molar-refractivity contribution in [2.45, 2.75) is 26.2 Å². The molecule has 16 heavy (non-hydrogen) atoms. The van der Waals surface area contributed by atoms with Gasteiger partial charge in [-0.15, -0.1) is 11.3 Å². The van der Waals surface area contributed by atoms with Gasteiger partial charge in [0.25, 0.3) is 0 Å². The van der Waals surface area contributed by atoms with Crippen molar-refractivity contribution in [3.05, 3.63) is 11.1 Å². The third kappa shape index (κ3) is 2.95. The highest BCUT2D eigenvalue weighted by Gasteiger charge is 2.15. The fourth-order valence-corrected chi connectivity index (χ4v) is 2.74. The summed E-state index contributed by atoms with van der Waals surface area (Å²) in [4.78, 5) is 17.6. The maximum atomic E-state index is 10.7. The molecule has 1 saturated heterocycles. The zero-order valence-corrected chi connectivity index (χ0v) is 10.3. The van der Waals surface area contributed by atoms with Gasteiger partial charge in [-0.25, -0.2) is 4.98 Å². The molecule has 1 fully saturated rings. The molecule has 2 rings (SSSR count). The highest BCUT2D eigenvalue weighted by atomic mass is 32.1. The average molecular weight is 239 g/mol. The van der Waals surface area contributed by atoms with Crippen molar-refractivity contribution in [2.24, 2.45) is 0 Å². The first-order valence-electron chi connectivity index (χ1n) is 5.69. The minimum Gasteiger partial charge on any atom is -0.356 e. The van der Waals surface area contributed by atoms with E-state index in [4.69, 9.17) is 0 Å². The first-order valence-corrected chi connectivity index (χ1v) is 6.57. The zero-order chi connectivity index (χ0) is 11.4. The molecule has 0 aromatic carbocycles. The molecule has 1 aromatic rings. The molecule has 0 atom stereocenters. The van der Waals surface area contributed by atoms with Gasteiger partial charge in [0.05, 0.1) is 5.69 Å². The molecule has 0 saturated carbocycles. The summed E-state index contributed by atoms with van der Waals surface area (Å²) in [6.07, 6.45) is 3.38. The van der Waals surface area contributed by atoms with Gasteiger partial charge in [-0.3, -0.25) is 4.79 Å². The van der Waals surface area contributed by atoms with Crippen LogP contribution < -0.4 is 10.2 Å². The minimum absolute atomic E-state index is 0.0231. The molecule has 0 spiro atoms. The summed E-state index contributed by atoms with van der Waals surface area (Å²) < 4.78 is 0. The van der Waals surface area contributed by atoms with E-state index in [-0.39, 0.29) is 5.91 Å². The number of carbonyl (C=O) groups excluding carboxylic acids is 1. The maximum Gasteiger partial charge on any atom is 0.216 e. The smallest absolute Gasteiger partial charge is 0.216 e. The van der Waals surface area contributed by atoms with Crippen molar-refractivity contribution < 1.29 is 4.79 Å². The molecule has 5 heteroatoms. The summed E-state index contributed by atoms with van der Waals surface area (Å²) in [6.45, 7) is 4.49. The number of rotatable bonds is 4. The van der Waals surface area contributed by atoms with Crippen molar-refractivity contribution in [3.8, 4) is 0 Å². The van der Waals surface area contributed by atoms with Crippen LogP contribution in [0.1, 0.15) is 25.5 Å². The molecule has 88 valence electrons. The Morgan fingerprint density at radius 1 is 1.56 bits per heavy atom. The van der Waals surface area contributed by atoms with Gasteiger partial charge < -0.3 is 10.2 Å². The van der Waals surface area contributed by atoms with Crippen molar-refractivity contribution in [1.29, 1.82) is 0 Å². The highest BCUT2D eigenvalue weighted by molar-refractivity contribution is 7.13. The molecule has 0 unspecified atom stereocenters. The van der Waals surface area contributed by atoms with Crippen LogP contribution in [0.25, 0.3) is 0 Å². The van der Waals surface area contributed by atoms with Crippen LogP contribution in [-0.2, 0) is 11.2 Å². The van der Waals surface area contributed by atoms with Gasteiger partial charge in [-0.1, -0.05) is 0 Å². The van der Waals surface area contributed by atoms with Crippen molar-refractivity contribution in [3.63, 3.8) is 0 Å². The van der Waals surface area contributed by atoms with Gasteiger partial charge in [0, 0.05) is 38.4 Å². The van der Waals surface area contributed by atoms with E-state index in [0.717, 1.165) is 30.3 Å². The summed E-state index contributed by atoms with van der Waals surface area (Å²) in [7, 11) is 0. The topological polar surface area (TPSA) is 45.2 Å². The minimum atomic E-state index is 0.0231. The molecular formula is C11H17N3OS. The molecule has 0 aliphatic carbocycles. The van der Waals surface area contributed by atoms with Crippen LogP contribution >= 0.6 is 11.3 Å². The Morgan fingerprint density at radius 3 is 3.00 bits per heavy atom. The van der Waals surface area contributed by atoms with E-state index < -0.39 is 0 Å². The third-order valence-corrected chi connectivity index (χ3v) is 3.62. The molecule has 1 aliphatic heterocycles. The van der Waals surface area contributed by atoms with E-state index in [1.54, 1.807) is 11.3 Å². The number of nitrogens with zero attached hydrogens (tertiary/aromatic N) is 2. The normalized spacial score (nSPS) is 15.4. The number of amides is 1. The molecule has 1 aliphatic rings. The fourth-order valence-electron chi connectivity index (χ4n) is 1.83.